The number of carbonyl (C=O) groups excluding carboxylic acids is 1. The molecule has 5 rings (SSSR count). The number of benzene rings is 3. The van der Waals surface area contributed by atoms with Crippen molar-refractivity contribution in [3.8, 4) is 11.4 Å². The van der Waals surface area contributed by atoms with E-state index >= 15 is 0 Å². The normalized spacial score (nSPS) is 15.1. The predicted molar refractivity (Wildman–Crippen MR) is 134 cm³/mol. The van der Waals surface area contributed by atoms with Crippen LogP contribution in [-0.2, 0) is 11.2 Å². The number of fused-ring (bicyclic) bond motifs is 2. The smallest absolute Gasteiger partial charge is 0.265 e. The fraction of sp³-hybridized carbons (Fsp3) is 0.250. The standard InChI is InChI=1S/C28H27N3O3/c1-4-15-30-25-14-9-18(2)16-22(25)23(27(30)32)17-26-29-24-8-6-5-7-21(24)28(33)31(26)19-10-12-20(34-3)13-11-19/h5-14,16,23H,4,15,17H2,1-3H3. The maximum Gasteiger partial charge on any atom is 0.265 e. The second kappa shape index (κ2) is 8.78. The van der Waals surface area contributed by atoms with Crippen LogP contribution in [0.3, 0.4) is 0 Å². The van der Waals surface area contributed by atoms with Crippen molar-refractivity contribution in [1.82, 2.24) is 9.55 Å². The van der Waals surface area contributed by atoms with E-state index in [-0.39, 0.29) is 17.4 Å². The Labute approximate surface area is 198 Å². The highest BCUT2D eigenvalue weighted by Gasteiger charge is 2.37. The summed E-state index contributed by atoms with van der Waals surface area (Å²) >= 11 is 0. The molecule has 0 fully saturated rings. The molecule has 1 atom stereocenters. The molecule has 4 aromatic rings. The zero-order valence-electron chi connectivity index (χ0n) is 19.6. The number of anilines is 1. The third-order valence-electron chi connectivity index (χ3n) is 6.42. The molecule has 6 nitrogen and oxygen atoms in total. The van der Waals surface area contributed by atoms with Crippen LogP contribution in [0.4, 0.5) is 5.69 Å². The van der Waals surface area contributed by atoms with Crippen LogP contribution in [0, 0.1) is 6.92 Å². The molecule has 1 unspecified atom stereocenters. The van der Waals surface area contributed by atoms with Gasteiger partial charge in [0, 0.05) is 18.7 Å². The Morgan fingerprint density at radius 3 is 2.50 bits per heavy atom. The molecule has 2 heterocycles. The van der Waals surface area contributed by atoms with Gasteiger partial charge >= 0.3 is 0 Å². The Morgan fingerprint density at radius 1 is 1.00 bits per heavy atom. The second-order valence-electron chi connectivity index (χ2n) is 8.69. The number of rotatable bonds is 6. The molecule has 172 valence electrons. The number of methoxy groups -OCH3 is 1. The lowest BCUT2D eigenvalue weighted by atomic mass is 9.95. The van der Waals surface area contributed by atoms with Crippen molar-refractivity contribution in [3.63, 3.8) is 0 Å². The average molecular weight is 454 g/mol. The van der Waals surface area contributed by atoms with Gasteiger partial charge in [0.1, 0.15) is 11.6 Å². The molecule has 0 saturated heterocycles. The van der Waals surface area contributed by atoms with E-state index in [1.165, 1.54) is 0 Å². The summed E-state index contributed by atoms with van der Waals surface area (Å²) in [6, 6.07) is 20.8. The largest absolute Gasteiger partial charge is 0.497 e. The first kappa shape index (κ1) is 21.9. The first-order valence-electron chi connectivity index (χ1n) is 11.6. The monoisotopic (exact) mass is 453 g/mol. The number of aromatic nitrogens is 2. The fourth-order valence-electron chi connectivity index (χ4n) is 4.79. The number of nitrogens with zero attached hydrogens (tertiary/aromatic N) is 3. The van der Waals surface area contributed by atoms with Crippen LogP contribution >= 0.6 is 0 Å². The molecule has 0 saturated carbocycles. The van der Waals surface area contributed by atoms with Gasteiger partial charge in [-0.05, 0) is 61.4 Å². The van der Waals surface area contributed by atoms with Gasteiger partial charge in [-0.3, -0.25) is 14.2 Å². The molecule has 0 bridgehead atoms. The zero-order valence-corrected chi connectivity index (χ0v) is 19.6. The summed E-state index contributed by atoms with van der Waals surface area (Å²) in [6.07, 6.45) is 1.21. The van der Waals surface area contributed by atoms with Gasteiger partial charge in [-0.15, -0.1) is 0 Å². The minimum Gasteiger partial charge on any atom is -0.497 e. The number of hydrogen-bond donors (Lipinski definition) is 0. The Kier molecular flexibility index (Phi) is 5.65. The Hall–Kier alpha value is -3.93. The van der Waals surface area contributed by atoms with Crippen molar-refractivity contribution in [2.45, 2.75) is 32.6 Å². The molecule has 6 heteroatoms. The molecule has 1 aromatic heterocycles. The van der Waals surface area contributed by atoms with E-state index in [1.807, 2.05) is 66.4 Å². The van der Waals surface area contributed by atoms with E-state index in [2.05, 4.69) is 13.0 Å². The quantitative estimate of drug-likeness (QED) is 0.421. The van der Waals surface area contributed by atoms with Gasteiger partial charge in [0.2, 0.25) is 5.91 Å². The van der Waals surface area contributed by atoms with Gasteiger partial charge in [0.15, 0.2) is 0 Å². The molecule has 0 spiro atoms. The molecule has 3 aromatic carbocycles. The van der Waals surface area contributed by atoms with Crippen molar-refractivity contribution < 1.29 is 9.53 Å². The van der Waals surface area contributed by atoms with Crippen molar-refractivity contribution in [2.75, 3.05) is 18.6 Å². The molecular formula is C28H27N3O3. The van der Waals surface area contributed by atoms with Crippen LogP contribution in [0.2, 0.25) is 0 Å². The summed E-state index contributed by atoms with van der Waals surface area (Å²) in [5.74, 6) is 0.945. The summed E-state index contributed by atoms with van der Waals surface area (Å²) in [7, 11) is 1.61. The zero-order chi connectivity index (χ0) is 23.8. The second-order valence-corrected chi connectivity index (χ2v) is 8.69. The van der Waals surface area contributed by atoms with Crippen molar-refractivity contribution in [1.29, 1.82) is 0 Å². The van der Waals surface area contributed by atoms with E-state index in [0.717, 1.165) is 23.2 Å². The lowest BCUT2D eigenvalue weighted by Crippen LogP contribution is -2.31. The third-order valence-corrected chi connectivity index (χ3v) is 6.42. The fourth-order valence-corrected chi connectivity index (χ4v) is 4.79. The first-order chi connectivity index (χ1) is 16.5. The number of para-hydroxylation sites is 1. The summed E-state index contributed by atoms with van der Waals surface area (Å²) in [6.45, 7) is 4.77. The molecule has 0 aliphatic carbocycles. The van der Waals surface area contributed by atoms with Crippen molar-refractivity contribution in [2.24, 2.45) is 0 Å². The van der Waals surface area contributed by atoms with Crippen molar-refractivity contribution in [3.05, 3.63) is 94.0 Å². The van der Waals surface area contributed by atoms with Gasteiger partial charge < -0.3 is 9.64 Å². The maximum atomic E-state index is 13.6. The molecule has 0 N–H and O–H groups in total. The van der Waals surface area contributed by atoms with E-state index in [0.29, 0.717) is 41.1 Å². The number of amides is 1. The predicted octanol–water partition coefficient (Wildman–Crippen LogP) is 4.79. The summed E-state index contributed by atoms with van der Waals surface area (Å²) in [5.41, 5.74) is 4.25. The molecule has 1 aliphatic rings. The Morgan fingerprint density at radius 2 is 1.76 bits per heavy atom. The average Bonchev–Trinajstić information content (AvgIpc) is 3.10. The maximum absolute atomic E-state index is 13.6. The van der Waals surface area contributed by atoms with Crippen LogP contribution in [0.15, 0.2) is 71.5 Å². The van der Waals surface area contributed by atoms with Crippen LogP contribution in [0.25, 0.3) is 16.6 Å². The number of ether oxygens (including phenoxy) is 1. The minimum atomic E-state index is -0.390. The highest BCUT2D eigenvalue weighted by molar-refractivity contribution is 6.05. The Balaban J connectivity index is 1.67. The van der Waals surface area contributed by atoms with Gasteiger partial charge in [-0.1, -0.05) is 36.8 Å². The van der Waals surface area contributed by atoms with Gasteiger partial charge in [-0.25, -0.2) is 4.98 Å². The minimum absolute atomic E-state index is 0.0612. The summed E-state index contributed by atoms with van der Waals surface area (Å²) < 4.78 is 6.92. The molecule has 1 aliphatic heterocycles. The van der Waals surface area contributed by atoms with Crippen molar-refractivity contribution >= 4 is 22.5 Å². The van der Waals surface area contributed by atoms with Crippen LogP contribution in [0.1, 0.15) is 36.2 Å². The SMILES string of the molecule is CCCN1C(=O)C(Cc2nc3ccccc3c(=O)n2-c2ccc(OC)cc2)c2cc(C)ccc21. The summed E-state index contributed by atoms with van der Waals surface area (Å²) in [4.78, 5) is 33.9. The lowest BCUT2D eigenvalue weighted by Gasteiger charge is -2.18. The van der Waals surface area contributed by atoms with Crippen LogP contribution in [-0.4, -0.2) is 29.1 Å². The van der Waals surface area contributed by atoms with Gasteiger partial charge in [0.25, 0.3) is 5.56 Å². The lowest BCUT2D eigenvalue weighted by molar-refractivity contribution is -0.119. The first-order valence-corrected chi connectivity index (χ1v) is 11.6. The molecule has 0 radical (unpaired) electrons. The van der Waals surface area contributed by atoms with E-state index in [1.54, 1.807) is 17.7 Å². The highest BCUT2D eigenvalue weighted by atomic mass is 16.5. The van der Waals surface area contributed by atoms with Crippen LogP contribution < -0.4 is 15.2 Å². The van der Waals surface area contributed by atoms with Gasteiger partial charge in [-0.2, -0.15) is 0 Å². The Bertz CT molecular complexity index is 1440. The number of carbonyl (C=O) groups is 1. The number of aryl methyl sites for hydroxylation is 1. The molecule has 34 heavy (non-hydrogen) atoms. The van der Waals surface area contributed by atoms with Crippen LogP contribution in [0.5, 0.6) is 5.75 Å². The molecule has 1 amide bonds. The third kappa shape index (κ3) is 3.65. The summed E-state index contributed by atoms with van der Waals surface area (Å²) in [5, 5.41) is 0.545. The van der Waals surface area contributed by atoms with E-state index < -0.39 is 0 Å². The van der Waals surface area contributed by atoms with E-state index in [4.69, 9.17) is 9.72 Å². The van der Waals surface area contributed by atoms with Gasteiger partial charge in [0.05, 0.1) is 29.6 Å². The highest BCUT2D eigenvalue weighted by Crippen LogP contribution is 2.40. The van der Waals surface area contributed by atoms with E-state index in [9.17, 15) is 9.59 Å². The number of hydrogen-bond acceptors (Lipinski definition) is 4. The topological polar surface area (TPSA) is 64.4 Å². The molecular weight excluding hydrogens is 426 g/mol.